The normalized spacial score (nSPS) is 12.8. The average Bonchev–Trinajstić information content (AvgIpc) is 2.34. The van der Waals surface area contributed by atoms with Gasteiger partial charge in [-0.1, -0.05) is 15.9 Å². The van der Waals surface area contributed by atoms with Crippen LogP contribution in [0, 0.1) is 0 Å². The second-order valence-electron chi connectivity index (χ2n) is 4.04. The zero-order chi connectivity index (χ0) is 15.3. The third-order valence-electron chi connectivity index (χ3n) is 2.44. The highest BCUT2D eigenvalue weighted by atomic mass is 79.9. The van der Waals surface area contributed by atoms with Gasteiger partial charge in [0, 0.05) is 10.9 Å². The molecule has 110 valence electrons. The Labute approximate surface area is 124 Å². The van der Waals surface area contributed by atoms with E-state index in [9.17, 15) is 18.0 Å². The third-order valence-corrected chi connectivity index (χ3v) is 4.46. The molecule has 0 aromatic heterocycles. The zero-order valence-corrected chi connectivity index (χ0v) is 12.8. The van der Waals surface area contributed by atoms with Crippen molar-refractivity contribution in [3.63, 3.8) is 0 Å². The number of primary amides is 2. The summed E-state index contributed by atoms with van der Waals surface area (Å²) in [5, 5.41) is 0. The quantitative estimate of drug-likeness (QED) is 0.620. The first kappa shape index (κ1) is 16.6. The van der Waals surface area contributed by atoms with Crippen molar-refractivity contribution < 1.29 is 18.0 Å². The number of nitrogens with one attached hydrogen (secondary N) is 1. The molecule has 1 aromatic carbocycles. The molecule has 0 heterocycles. The number of rotatable bonds is 7. The maximum absolute atomic E-state index is 12.1. The largest absolute Gasteiger partial charge is 0.370 e. The predicted octanol–water partition coefficient (Wildman–Crippen LogP) is -0.153. The van der Waals surface area contributed by atoms with E-state index in [1.807, 2.05) is 0 Å². The van der Waals surface area contributed by atoms with Crippen molar-refractivity contribution in [1.82, 2.24) is 4.72 Å². The average molecular weight is 364 g/mol. The van der Waals surface area contributed by atoms with Gasteiger partial charge in [0.1, 0.15) is 6.04 Å². The smallest absolute Gasteiger partial charge is 0.241 e. The summed E-state index contributed by atoms with van der Waals surface area (Å²) in [6, 6.07) is 4.67. The van der Waals surface area contributed by atoms with Crippen LogP contribution >= 0.6 is 15.9 Å². The number of hydrogen-bond acceptors (Lipinski definition) is 4. The van der Waals surface area contributed by atoms with E-state index in [0.29, 0.717) is 0 Å². The predicted molar refractivity (Wildman–Crippen MR) is 75.9 cm³/mol. The van der Waals surface area contributed by atoms with Gasteiger partial charge in [-0.25, -0.2) is 8.42 Å². The molecule has 0 unspecified atom stereocenters. The third kappa shape index (κ3) is 4.91. The first-order valence-corrected chi connectivity index (χ1v) is 7.85. The van der Waals surface area contributed by atoms with Crippen LogP contribution in [0.25, 0.3) is 0 Å². The molecule has 0 aliphatic carbocycles. The molecule has 0 spiro atoms. The Morgan fingerprint density at radius 1 is 1.20 bits per heavy atom. The molecule has 0 bridgehead atoms. The van der Waals surface area contributed by atoms with Crippen LogP contribution in [0.1, 0.15) is 12.8 Å². The Kier molecular flexibility index (Phi) is 5.66. The first-order valence-electron chi connectivity index (χ1n) is 5.58. The van der Waals surface area contributed by atoms with Gasteiger partial charge in [-0.15, -0.1) is 0 Å². The van der Waals surface area contributed by atoms with E-state index < -0.39 is 27.9 Å². The minimum atomic E-state index is -3.89. The lowest BCUT2D eigenvalue weighted by Gasteiger charge is -2.15. The van der Waals surface area contributed by atoms with Gasteiger partial charge in [0.25, 0.3) is 0 Å². The summed E-state index contributed by atoms with van der Waals surface area (Å²) in [5.74, 6) is -1.51. The monoisotopic (exact) mass is 363 g/mol. The van der Waals surface area contributed by atoms with Crippen molar-refractivity contribution in [2.45, 2.75) is 23.8 Å². The van der Waals surface area contributed by atoms with Crippen molar-refractivity contribution >= 4 is 37.8 Å². The fourth-order valence-corrected chi connectivity index (χ4v) is 2.92. The zero-order valence-electron chi connectivity index (χ0n) is 10.4. The molecule has 1 rings (SSSR count). The standard InChI is InChI=1S/C11H14BrN3O4S/c12-7-1-3-8(4-2-7)20(18,19)15-9(11(14)17)5-6-10(13)16/h1-4,9,15H,5-6H2,(H2,13,16)(H2,14,17)/t9-/m0/s1. The highest BCUT2D eigenvalue weighted by Gasteiger charge is 2.24. The van der Waals surface area contributed by atoms with Gasteiger partial charge in [0.2, 0.25) is 21.8 Å². The number of carbonyl (C=O) groups is 2. The van der Waals surface area contributed by atoms with Crippen molar-refractivity contribution in [3.8, 4) is 0 Å². The molecule has 9 heteroatoms. The molecule has 1 aromatic rings. The van der Waals surface area contributed by atoms with Crippen molar-refractivity contribution in [2.24, 2.45) is 11.5 Å². The summed E-state index contributed by atoms with van der Waals surface area (Å²) in [7, 11) is -3.89. The molecule has 0 fully saturated rings. The second kappa shape index (κ2) is 6.82. The van der Waals surface area contributed by atoms with Crippen molar-refractivity contribution in [1.29, 1.82) is 0 Å². The molecule has 1 atom stereocenters. The minimum Gasteiger partial charge on any atom is -0.370 e. The summed E-state index contributed by atoms with van der Waals surface area (Å²) in [4.78, 5) is 21.9. The van der Waals surface area contributed by atoms with Crippen molar-refractivity contribution in [3.05, 3.63) is 28.7 Å². The maximum Gasteiger partial charge on any atom is 0.241 e. The van der Waals surface area contributed by atoms with E-state index in [4.69, 9.17) is 11.5 Å². The number of benzene rings is 1. The molecular formula is C11H14BrN3O4S. The summed E-state index contributed by atoms with van der Waals surface area (Å²) in [6.45, 7) is 0. The Bertz CT molecular complexity index is 601. The molecular weight excluding hydrogens is 350 g/mol. The van der Waals surface area contributed by atoms with Gasteiger partial charge in [-0.3, -0.25) is 9.59 Å². The summed E-state index contributed by atoms with van der Waals surface area (Å²) >= 11 is 3.19. The molecule has 2 amide bonds. The molecule has 0 saturated heterocycles. The highest BCUT2D eigenvalue weighted by Crippen LogP contribution is 2.15. The summed E-state index contributed by atoms with van der Waals surface area (Å²) in [5.41, 5.74) is 10.1. The Morgan fingerprint density at radius 3 is 2.20 bits per heavy atom. The van der Waals surface area contributed by atoms with Gasteiger partial charge in [-0.05, 0) is 30.7 Å². The Hall–Kier alpha value is -1.45. The number of sulfonamides is 1. The van der Waals surface area contributed by atoms with E-state index in [1.165, 1.54) is 12.1 Å². The van der Waals surface area contributed by atoms with Crippen LogP contribution < -0.4 is 16.2 Å². The highest BCUT2D eigenvalue weighted by molar-refractivity contribution is 9.10. The second-order valence-corrected chi connectivity index (χ2v) is 6.66. The lowest BCUT2D eigenvalue weighted by molar-refractivity contribution is -0.120. The molecule has 7 nitrogen and oxygen atoms in total. The van der Waals surface area contributed by atoms with Gasteiger partial charge >= 0.3 is 0 Å². The van der Waals surface area contributed by atoms with Crippen molar-refractivity contribution in [2.75, 3.05) is 0 Å². The van der Waals surface area contributed by atoms with Crippen LogP contribution in [-0.2, 0) is 19.6 Å². The Balaban J connectivity index is 2.88. The van der Waals surface area contributed by atoms with E-state index in [0.717, 1.165) is 4.47 Å². The van der Waals surface area contributed by atoms with Crippen LogP contribution in [0.4, 0.5) is 0 Å². The molecule has 0 radical (unpaired) electrons. The summed E-state index contributed by atoms with van der Waals surface area (Å²) < 4.78 is 27.0. The van der Waals surface area contributed by atoms with E-state index in [-0.39, 0.29) is 17.7 Å². The van der Waals surface area contributed by atoms with Gasteiger partial charge in [0.05, 0.1) is 4.90 Å². The van der Waals surface area contributed by atoms with Crippen LogP contribution in [0.2, 0.25) is 0 Å². The van der Waals surface area contributed by atoms with Crippen LogP contribution in [-0.4, -0.2) is 26.3 Å². The molecule has 5 N–H and O–H groups in total. The van der Waals surface area contributed by atoms with E-state index in [1.54, 1.807) is 12.1 Å². The van der Waals surface area contributed by atoms with Gasteiger partial charge in [-0.2, -0.15) is 4.72 Å². The molecule has 0 aliphatic rings. The topological polar surface area (TPSA) is 132 Å². The van der Waals surface area contributed by atoms with Gasteiger partial charge < -0.3 is 11.5 Å². The van der Waals surface area contributed by atoms with Gasteiger partial charge in [0.15, 0.2) is 0 Å². The van der Waals surface area contributed by atoms with E-state index in [2.05, 4.69) is 20.7 Å². The SMILES string of the molecule is NC(=O)CC[C@H](NS(=O)(=O)c1ccc(Br)cc1)C(N)=O. The number of nitrogens with two attached hydrogens (primary N) is 2. The first-order chi connectivity index (χ1) is 9.22. The lowest BCUT2D eigenvalue weighted by Crippen LogP contribution is -2.44. The number of halogens is 1. The Morgan fingerprint density at radius 2 is 1.75 bits per heavy atom. The van der Waals surface area contributed by atoms with E-state index >= 15 is 0 Å². The van der Waals surface area contributed by atoms with Crippen LogP contribution in [0.5, 0.6) is 0 Å². The number of hydrogen-bond donors (Lipinski definition) is 3. The number of amides is 2. The fourth-order valence-electron chi connectivity index (χ4n) is 1.41. The lowest BCUT2D eigenvalue weighted by atomic mass is 10.1. The molecule has 0 aliphatic heterocycles. The molecule has 0 saturated carbocycles. The minimum absolute atomic E-state index is 0.00831. The molecule has 20 heavy (non-hydrogen) atoms. The maximum atomic E-state index is 12.1. The summed E-state index contributed by atoms with van der Waals surface area (Å²) in [6.07, 6.45) is -0.225. The van der Waals surface area contributed by atoms with Crippen LogP contribution in [0.15, 0.2) is 33.6 Å². The van der Waals surface area contributed by atoms with Crippen LogP contribution in [0.3, 0.4) is 0 Å². The fraction of sp³-hybridized carbons (Fsp3) is 0.273. The number of carbonyl (C=O) groups excluding carboxylic acids is 2.